The predicted molar refractivity (Wildman–Crippen MR) is 93.4 cm³/mol. The summed E-state index contributed by atoms with van der Waals surface area (Å²) < 4.78 is 14.6. The molecule has 0 aliphatic carbocycles. The van der Waals surface area contributed by atoms with E-state index >= 15 is 0 Å². The summed E-state index contributed by atoms with van der Waals surface area (Å²) in [5.41, 5.74) is 2.37. The number of carbonyl (C=O) groups excluding carboxylic acids is 1. The third-order valence-corrected chi connectivity index (χ3v) is 4.07. The Bertz CT molecular complexity index is 1210. The van der Waals surface area contributed by atoms with Gasteiger partial charge in [0.25, 0.3) is 11.5 Å². The number of halogens is 1. The van der Waals surface area contributed by atoms with Gasteiger partial charge < -0.3 is 10.3 Å². The number of aromatic amines is 1. The summed E-state index contributed by atoms with van der Waals surface area (Å²) in [6.07, 6.45) is 0. The minimum Gasteiger partial charge on any atom is -0.346 e. The number of carbonyl (C=O) groups is 1. The molecule has 2 aromatic carbocycles. The van der Waals surface area contributed by atoms with Gasteiger partial charge >= 0.3 is 0 Å². The van der Waals surface area contributed by atoms with E-state index in [1.807, 2.05) is 19.1 Å². The molecule has 2 N–H and O–H groups in total. The van der Waals surface area contributed by atoms with Crippen molar-refractivity contribution in [2.75, 3.05) is 0 Å². The van der Waals surface area contributed by atoms with Crippen molar-refractivity contribution in [3.8, 4) is 0 Å². The summed E-state index contributed by atoms with van der Waals surface area (Å²) in [4.78, 5) is 27.6. The van der Waals surface area contributed by atoms with Crippen LogP contribution in [0.1, 0.15) is 21.6 Å². The van der Waals surface area contributed by atoms with Crippen LogP contribution in [0.25, 0.3) is 16.6 Å². The maximum atomic E-state index is 13.2. The Hall–Kier alpha value is -3.55. The van der Waals surface area contributed by atoms with Gasteiger partial charge in [0, 0.05) is 6.54 Å². The van der Waals surface area contributed by atoms with Crippen molar-refractivity contribution in [1.82, 2.24) is 25.1 Å². The smallest absolute Gasteiger partial charge is 0.277 e. The topological polar surface area (TPSA) is 92.1 Å². The number of aryl methyl sites for hydroxylation is 1. The van der Waals surface area contributed by atoms with Crippen molar-refractivity contribution in [1.29, 1.82) is 0 Å². The predicted octanol–water partition coefficient (Wildman–Crippen LogP) is 1.95. The van der Waals surface area contributed by atoms with E-state index in [9.17, 15) is 14.0 Å². The molecular formula is C18H14FN5O2. The van der Waals surface area contributed by atoms with Crippen LogP contribution in [0.2, 0.25) is 0 Å². The van der Waals surface area contributed by atoms with Crippen LogP contribution in [0.5, 0.6) is 0 Å². The second-order valence-corrected chi connectivity index (χ2v) is 5.99. The van der Waals surface area contributed by atoms with E-state index < -0.39 is 11.5 Å². The summed E-state index contributed by atoms with van der Waals surface area (Å²) in [6, 6.07) is 11.4. The summed E-state index contributed by atoms with van der Waals surface area (Å²) in [5, 5.41) is 10.4. The van der Waals surface area contributed by atoms with Crippen molar-refractivity contribution in [2.45, 2.75) is 13.5 Å². The Morgan fingerprint density at radius 3 is 2.92 bits per heavy atom. The molecule has 0 bridgehead atoms. The molecule has 26 heavy (non-hydrogen) atoms. The quantitative estimate of drug-likeness (QED) is 0.590. The Balaban J connectivity index is 1.71. The van der Waals surface area contributed by atoms with Crippen LogP contribution >= 0.6 is 0 Å². The third-order valence-electron chi connectivity index (χ3n) is 4.07. The molecule has 0 saturated carbocycles. The van der Waals surface area contributed by atoms with E-state index in [1.54, 1.807) is 18.2 Å². The van der Waals surface area contributed by atoms with Crippen LogP contribution in [0.3, 0.4) is 0 Å². The molecule has 7 nitrogen and oxygen atoms in total. The number of H-pyrrole nitrogens is 1. The molecule has 2 heterocycles. The average molecular weight is 351 g/mol. The summed E-state index contributed by atoms with van der Waals surface area (Å²) in [5.74, 6) is -0.940. The number of rotatable bonds is 3. The van der Waals surface area contributed by atoms with E-state index in [-0.39, 0.29) is 23.6 Å². The molecule has 4 aromatic rings. The zero-order valence-electron chi connectivity index (χ0n) is 13.8. The van der Waals surface area contributed by atoms with Crippen LogP contribution in [-0.4, -0.2) is 25.7 Å². The highest BCUT2D eigenvalue weighted by Gasteiger charge is 2.19. The highest BCUT2D eigenvalue weighted by molar-refractivity contribution is 5.99. The van der Waals surface area contributed by atoms with Gasteiger partial charge in [-0.2, -0.15) is 0 Å². The first-order valence-electron chi connectivity index (χ1n) is 7.93. The second kappa shape index (κ2) is 6.07. The zero-order chi connectivity index (χ0) is 18.3. The van der Waals surface area contributed by atoms with E-state index in [0.717, 1.165) is 5.56 Å². The van der Waals surface area contributed by atoms with Gasteiger partial charge in [0.1, 0.15) is 5.82 Å². The highest BCUT2D eigenvalue weighted by Crippen LogP contribution is 2.14. The van der Waals surface area contributed by atoms with Gasteiger partial charge in [0.2, 0.25) is 0 Å². The molecule has 2 aromatic heterocycles. The van der Waals surface area contributed by atoms with Crippen molar-refractivity contribution in [2.24, 2.45) is 0 Å². The van der Waals surface area contributed by atoms with Crippen molar-refractivity contribution in [3.05, 3.63) is 75.5 Å². The standard InChI is InChI=1S/C18H14FN5O2/c1-10-5-6-14-13(7-10)21-18(26)16-15(22-23-24(14)16)17(25)20-9-11-3-2-4-12(19)8-11/h2-8H,9H2,1H3,(H,20,25)(H,21,26). The summed E-state index contributed by atoms with van der Waals surface area (Å²) in [7, 11) is 0. The third kappa shape index (κ3) is 2.71. The number of hydrogen-bond donors (Lipinski definition) is 2. The number of hydrogen-bond acceptors (Lipinski definition) is 4. The fraction of sp³-hybridized carbons (Fsp3) is 0.111. The van der Waals surface area contributed by atoms with Gasteiger partial charge in [0.05, 0.1) is 11.0 Å². The van der Waals surface area contributed by atoms with Gasteiger partial charge in [-0.05, 0) is 42.3 Å². The largest absolute Gasteiger partial charge is 0.346 e. The Kier molecular flexibility index (Phi) is 3.72. The van der Waals surface area contributed by atoms with Gasteiger partial charge in [0.15, 0.2) is 11.2 Å². The molecule has 0 radical (unpaired) electrons. The molecule has 130 valence electrons. The zero-order valence-corrected chi connectivity index (χ0v) is 13.8. The molecule has 0 aliphatic rings. The monoisotopic (exact) mass is 351 g/mol. The first-order valence-corrected chi connectivity index (χ1v) is 7.93. The molecule has 0 saturated heterocycles. The first-order chi connectivity index (χ1) is 12.5. The second-order valence-electron chi connectivity index (χ2n) is 5.99. The molecule has 8 heteroatoms. The van der Waals surface area contributed by atoms with Crippen LogP contribution in [-0.2, 0) is 6.54 Å². The normalized spacial score (nSPS) is 11.2. The minimum absolute atomic E-state index is 0.0677. The van der Waals surface area contributed by atoms with Crippen molar-refractivity contribution < 1.29 is 9.18 Å². The summed E-state index contributed by atoms with van der Waals surface area (Å²) in [6.45, 7) is 2.02. The van der Waals surface area contributed by atoms with Gasteiger partial charge in [-0.25, -0.2) is 8.91 Å². The lowest BCUT2D eigenvalue weighted by molar-refractivity contribution is 0.0947. The summed E-state index contributed by atoms with van der Waals surface area (Å²) >= 11 is 0. The van der Waals surface area contributed by atoms with E-state index in [1.165, 1.54) is 16.6 Å². The fourth-order valence-corrected chi connectivity index (χ4v) is 2.84. The average Bonchev–Trinajstić information content (AvgIpc) is 3.05. The maximum absolute atomic E-state index is 13.2. The lowest BCUT2D eigenvalue weighted by Crippen LogP contribution is -2.25. The van der Waals surface area contributed by atoms with Crippen LogP contribution in [0.4, 0.5) is 4.39 Å². The number of amides is 1. The number of aromatic nitrogens is 4. The molecule has 0 atom stereocenters. The fourth-order valence-electron chi connectivity index (χ4n) is 2.84. The SMILES string of the molecule is Cc1ccc2c(c1)[nH]c(=O)c1c(C(=O)NCc3cccc(F)c3)nnn12. The van der Waals surface area contributed by atoms with Gasteiger partial charge in [-0.15, -0.1) is 5.10 Å². The Labute approximate surface area is 146 Å². The molecule has 0 aliphatic heterocycles. The Morgan fingerprint density at radius 1 is 1.27 bits per heavy atom. The number of nitrogens with one attached hydrogen (secondary N) is 2. The lowest BCUT2D eigenvalue weighted by atomic mass is 10.2. The first kappa shape index (κ1) is 15.9. The van der Waals surface area contributed by atoms with E-state index in [4.69, 9.17) is 0 Å². The highest BCUT2D eigenvalue weighted by atomic mass is 19.1. The van der Waals surface area contributed by atoms with E-state index in [0.29, 0.717) is 16.6 Å². The van der Waals surface area contributed by atoms with E-state index in [2.05, 4.69) is 20.6 Å². The Morgan fingerprint density at radius 2 is 2.12 bits per heavy atom. The van der Waals surface area contributed by atoms with Crippen molar-refractivity contribution in [3.63, 3.8) is 0 Å². The number of nitrogens with zero attached hydrogens (tertiary/aromatic N) is 3. The van der Waals surface area contributed by atoms with Crippen LogP contribution < -0.4 is 10.9 Å². The molecule has 0 unspecified atom stereocenters. The maximum Gasteiger partial charge on any atom is 0.277 e. The molecular weight excluding hydrogens is 337 g/mol. The molecule has 0 fully saturated rings. The molecule has 0 spiro atoms. The lowest BCUT2D eigenvalue weighted by Gasteiger charge is -2.04. The molecule has 1 amide bonds. The number of fused-ring (bicyclic) bond motifs is 3. The van der Waals surface area contributed by atoms with Gasteiger partial charge in [-0.3, -0.25) is 9.59 Å². The van der Waals surface area contributed by atoms with Crippen molar-refractivity contribution >= 4 is 22.5 Å². The number of benzene rings is 2. The van der Waals surface area contributed by atoms with Crippen LogP contribution in [0.15, 0.2) is 47.3 Å². The minimum atomic E-state index is -0.554. The van der Waals surface area contributed by atoms with Gasteiger partial charge in [-0.1, -0.05) is 23.4 Å². The molecule has 4 rings (SSSR count). The van der Waals surface area contributed by atoms with Crippen LogP contribution in [0, 0.1) is 12.7 Å².